The van der Waals surface area contributed by atoms with Gasteiger partial charge in [0.05, 0.1) is 12.2 Å². The molecule has 0 radical (unpaired) electrons. The lowest BCUT2D eigenvalue weighted by Gasteiger charge is -2.32. The van der Waals surface area contributed by atoms with Crippen LogP contribution in [0.5, 0.6) is 0 Å². The molecule has 0 spiro atoms. The molecule has 1 heterocycles. The van der Waals surface area contributed by atoms with Gasteiger partial charge in [-0.25, -0.2) is 9.97 Å². The molecule has 0 aromatic carbocycles. The van der Waals surface area contributed by atoms with Crippen LogP contribution < -0.4 is 4.90 Å². The topological polar surface area (TPSA) is 52.5 Å². The van der Waals surface area contributed by atoms with Gasteiger partial charge in [0.15, 0.2) is 0 Å². The first-order valence-corrected chi connectivity index (χ1v) is 6.40. The Morgan fingerprint density at radius 1 is 1.39 bits per heavy atom. The van der Waals surface area contributed by atoms with E-state index in [0.29, 0.717) is 16.5 Å². The number of likely N-dealkylation sites (N-methyl/N-ethyl adjacent to an activating group) is 2. The minimum Gasteiger partial charge on any atom is -0.391 e. The first kappa shape index (κ1) is 15.1. The summed E-state index contributed by atoms with van der Waals surface area (Å²) in [7, 11) is 4.06. The number of hydrogen-bond donors (Lipinski definition) is 1. The SMILES string of the molecule is CCN(c1ncnc(Cl)c1CO)C(C)CN(C)C. The van der Waals surface area contributed by atoms with E-state index in [2.05, 4.69) is 33.6 Å². The van der Waals surface area contributed by atoms with Crippen LogP contribution in [0.4, 0.5) is 5.82 Å². The van der Waals surface area contributed by atoms with E-state index in [1.807, 2.05) is 14.1 Å². The zero-order chi connectivity index (χ0) is 13.7. The second kappa shape index (κ2) is 6.87. The van der Waals surface area contributed by atoms with Crippen molar-refractivity contribution in [2.75, 3.05) is 32.1 Å². The van der Waals surface area contributed by atoms with E-state index in [-0.39, 0.29) is 12.6 Å². The Hall–Kier alpha value is -0.910. The number of nitrogens with zero attached hydrogens (tertiary/aromatic N) is 4. The molecular weight excluding hydrogens is 252 g/mol. The van der Waals surface area contributed by atoms with Crippen LogP contribution in [0.2, 0.25) is 5.15 Å². The van der Waals surface area contributed by atoms with Crippen LogP contribution in [0, 0.1) is 0 Å². The Balaban J connectivity index is 3.05. The Morgan fingerprint density at radius 2 is 2.06 bits per heavy atom. The summed E-state index contributed by atoms with van der Waals surface area (Å²) in [5.74, 6) is 0.717. The molecule has 18 heavy (non-hydrogen) atoms. The lowest BCUT2D eigenvalue weighted by molar-refractivity contribution is 0.280. The summed E-state index contributed by atoms with van der Waals surface area (Å²) in [4.78, 5) is 12.4. The molecule has 1 rings (SSSR count). The number of aromatic nitrogens is 2. The summed E-state index contributed by atoms with van der Waals surface area (Å²) >= 11 is 5.99. The molecule has 6 heteroatoms. The molecule has 0 aliphatic heterocycles. The zero-order valence-electron chi connectivity index (χ0n) is 11.4. The quantitative estimate of drug-likeness (QED) is 0.794. The van der Waals surface area contributed by atoms with E-state index in [1.54, 1.807) is 0 Å². The number of aliphatic hydroxyl groups excluding tert-OH is 1. The predicted molar refractivity (Wildman–Crippen MR) is 74.0 cm³/mol. The molecule has 0 bridgehead atoms. The summed E-state index contributed by atoms with van der Waals surface area (Å²) < 4.78 is 0. The maximum Gasteiger partial charge on any atom is 0.140 e. The van der Waals surface area contributed by atoms with E-state index >= 15 is 0 Å². The summed E-state index contributed by atoms with van der Waals surface area (Å²) in [6.45, 7) is 5.74. The number of hydrogen-bond acceptors (Lipinski definition) is 5. The molecule has 0 aliphatic rings. The molecule has 1 atom stereocenters. The van der Waals surface area contributed by atoms with E-state index in [0.717, 1.165) is 13.1 Å². The van der Waals surface area contributed by atoms with E-state index in [9.17, 15) is 5.11 Å². The van der Waals surface area contributed by atoms with Crippen molar-refractivity contribution in [1.29, 1.82) is 0 Å². The largest absolute Gasteiger partial charge is 0.391 e. The summed E-state index contributed by atoms with van der Waals surface area (Å²) in [6.07, 6.45) is 1.43. The van der Waals surface area contributed by atoms with Gasteiger partial charge in [-0.05, 0) is 27.9 Å². The highest BCUT2D eigenvalue weighted by molar-refractivity contribution is 6.30. The molecule has 0 saturated carbocycles. The van der Waals surface area contributed by atoms with Crippen LogP contribution in [0.25, 0.3) is 0 Å². The molecule has 1 aromatic rings. The van der Waals surface area contributed by atoms with Gasteiger partial charge in [0.1, 0.15) is 17.3 Å². The molecule has 1 aromatic heterocycles. The van der Waals surface area contributed by atoms with Gasteiger partial charge in [-0.1, -0.05) is 11.6 Å². The van der Waals surface area contributed by atoms with Gasteiger partial charge in [-0.15, -0.1) is 0 Å². The van der Waals surface area contributed by atoms with Crippen molar-refractivity contribution in [3.63, 3.8) is 0 Å². The second-order valence-corrected chi connectivity index (χ2v) is 4.88. The number of rotatable bonds is 6. The average Bonchev–Trinajstić information content (AvgIpc) is 2.29. The Morgan fingerprint density at radius 3 is 2.56 bits per heavy atom. The van der Waals surface area contributed by atoms with Crippen molar-refractivity contribution in [3.05, 3.63) is 17.0 Å². The molecule has 0 aliphatic carbocycles. The van der Waals surface area contributed by atoms with Crippen LogP contribution in [0.1, 0.15) is 19.4 Å². The lowest BCUT2D eigenvalue weighted by atomic mass is 10.2. The molecule has 0 saturated heterocycles. The highest BCUT2D eigenvalue weighted by Gasteiger charge is 2.19. The summed E-state index contributed by atoms with van der Waals surface area (Å²) in [6, 6.07) is 0.279. The maximum absolute atomic E-state index is 9.41. The summed E-state index contributed by atoms with van der Waals surface area (Å²) in [5, 5.41) is 9.72. The van der Waals surface area contributed by atoms with Crippen LogP contribution >= 0.6 is 11.6 Å². The molecule has 0 amide bonds. The van der Waals surface area contributed by atoms with Crippen LogP contribution in [-0.4, -0.2) is 53.2 Å². The molecule has 1 N–H and O–H groups in total. The zero-order valence-corrected chi connectivity index (χ0v) is 12.1. The van der Waals surface area contributed by atoms with Gasteiger partial charge in [0, 0.05) is 19.1 Å². The highest BCUT2D eigenvalue weighted by Crippen LogP contribution is 2.24. The molecule has 102 valence electrons. The lowest BCUT2D eigenvalue weighted by Crippen LogP contribution is -2.41. The highest BCUT2D eigenvalue weighted by atomic mass is 35.5. The first-order valence-electron chi connectivity index (χ1n) is 6.02. The van der Waals surface area contributed by atoms with Gasteiger partial charge < -0.3 is 14.9 Å². The molecular formula is C12H21ClN4O. The maximum atomic E-state index is 9.41. The number of halogens is 1. The minimum absolute atomic E-state index is 0.153. The van der Waals surface area contributed by atoms with Gasteiger partial charge in [0.25, 0.3) is 0 Å². The smallest absolute Gasteiger partial charge is 0.140 e. The van der Waals surface area contributed by atoms with E-state index < -0.39 is 0 Å². The third-order valence-electron chi connectivity index (χ3n) is 2.80. The Labute approximate surface area is 113 Å². The third-order valence-corrected chi connectivity index (χ3v) is 3.13. The van der Waals surface area contributed by atoms with Crippen LogP contribution in [0.3, 0.4) is 0 Å². The standard InChI is InChI=1S/C12H21ClN4O/c1-5-17(9(2)6-16(3)4)12-10(7-18)11(13)14-8-15-12/h8-9,18H,5-7H2,1-4H3. The second-order valence-electron chi connectivity index (χ2n) is 4.52. The molecule has 0 fully saturated rings. The average molecular weight is 273 g/mol. The fourth-order valence-corrected chi connectivity index (χ4v) is 2.25. The van der Waals surface area contributed by atoms with Gasteiger partial charge in [0.2, 0.25) is 0 Å². The molecule has 1 unspecified atom stereocenters. The van der Waals surface area contributed by atoms with Crippen molar-refractivity contribution in [2.24, 2.45) is 0 Å². The Kier molecular flexibility index (Phi) is 5.78. The number of anilines is 1. The fraction of sp³-hybridized carbons (Fsp3) is 0.667. The van der Waals surface area contributed by atoms with Crippen molar-refractivity contribution < 1.29 is 5.11 Å². The minimum atomic E-state index is -0.153. The van der Waals surface area contributed by atoms with Gasteiger partial charge in [-0.3, -0.25) is 0 Å². The monoisotopic (exact) mass is 272 g/mol. The third kappa shape index (κ3) is 3.54. The van der Waals surface area contributed by atoms with Crippen LogP contribution in [-0.2, 0) is 6.61 Å². The van der Waals surface area contributed by atoms with Crippen LogP contribution in [0.15, 0.2) is 6.33 Å². The number of aliphatic hydroxyl groups is 1. The summed E-state index contributed by atoms with van der Waals surface area (Å²) in [5.41, 5.74) is 0.589. The van der Waals surface area contributed by atoms with Crippen molar-refractivity contribution in [1.82, 2.24) is 14.9 Å². The Bertz CT molecular complexity index is 386. The van der Waals surface area contributed by atoms with E-state index in [1.165, 1.54) is 6.33 Å². The first-order chi connectivity index (χ1) is 8.51. The molecule has 5 nitrogen and oxygen atoms in total. The van der Waals surface area contributed by atoms with Gasteiger partial charge in [-0.2, -0.15) is 0 Å². The fourth-order valence-electron chi connectivity index (χ4n) is 2.06. The normalized spacial score (nSPS) is 12.8. The van der Waals surface area contributed by atoms with Crippen molar-refractivity contribution in [3.8, 4) is 0 Å². The van der Waals surface area contributed by atoms with E-state index in [4.69, 9.17) is 11.6 Å². The van der Waals surface area contributed by atoms with Crippen molar-refractivity contribution >= 4 is 17.4 Å². The van der Waals surface area contributed by atoms with Gasteiger partial charge >= 0.3 is 0 Å². The predicted octanol–water partition coefficient (Wildman–Crippen LogP) is 1.40. The van der Waals surface area contributed by atoms with Crippen molar-refractivity contribution in [2.45, 2.75) is 26.5 Å².